The van der Waals surface area contributed by atoms with Crippen LogP contribution in [0.15, 0.2) is 47.4 Å². The molecule has 4 rings (SSSR count). The Morgan fingerprint density at radius 3 is 2.41 bits per heavy atom. The molecule has 0 radical (unpaired) electrons. The number of likely N-dealkylation sites (N-methyl/N-ethyl adjacent to an activating group) is 1. The highest BCUT2D eigenvalue weighted by Crippen LogP contribution is 2.40. The summed E-state index contributed by atoms with van der Waals surface area (Å²) in [5, 5.41) is 9.74. The van der Waals surface area contributed by atoms with Crippen molar-refractivity contribution in [2.45, 2.75) is 30.4 Å². The van der Waals surface area contributed by atoms with E-state index < -0.39 is 10.0 Å². The molecular weight excluding hydrogens is 390 g/mol. The van der Waals surface area contributed by atoms with E-state index in [0.717, 1.165) is 24.3 Å². The largest absolute Gasteiger partial charge is 0.497 e. The minimum Gasteiger partial charge on any atom is -0.497 e. The molecule has 2 aliphatic heterocycles. The summed E-state index contributed by atoms with van der Waals surface area (Å²) < 4.78 is 33.9. The van der Waals surface area contributed by atoms with Gasteiger partial charge in [0.1, 0.15) is 5.75 Å². The summed E-state index contributed by atoms with van der Waals surface area (Å²) in [6.45, 7) is 3.86. The van der Waals surface area contributed by atoms with Crippen molar-refractivity contribution < 1.29 is 18.3 Å². The predicted octanol–water partition coefficient (Wildman–Crippen LogP) is 2.30. The van der Waals surface area contributed by atoms with E-state index in [2.05, 4.69) is 9.80 Å². The highest BCUT2D eigenvalue weighted by molar-refractivity contribution is 7.92. The first-order chi connectivity index (χ1) is 13.8. The lowest BCUT2D eigenvalue weighted by atomic mass is 10.1. The van der Waals surface area contributed by atoms with E-state index in [1.807, 2.05) is 32.2 Å². The van der Waals surface area contributed by atoms with E-state index in [4.69, 9.17) is 4.74 Å². The summed E-state index contributed by atoms with van der Waals surface area (Å²) in [7, 11) is -0.165. The van der Waals surface area contributed by atoms with Crippen molar-refractivity contribution in [2.75, 3.05) is 47.9 Å². The minimum absolute atomic E-state index is 0.209. The standard InChI is InChI=1S/C21H27N3O4S/c1-15-13-22(2)21-12-18(28-3)6-9-20(21)24(15)29(26,27)19-7-4-16(5-8-19)23-11-10-17(25)14-23/h4-9,12,15,17,25H,10-11,13-14H2,1-3H3/t15?,17-/m1/s1. The molecule has 8 heteroatoms. The van der Waals surface area contributed by atoms with Gasteiger partial charge in [-0.25, -0.2) is 8.42 Å². The fraction of sp³-hybridized carbons (Fsp3) is 0.429. The summed E-state index contributed by atoms with van der Waals surface area (Å²) in [6.07, 6.45) is 0.414. The molecule has 0 aliphatic carbocycles. The summed E-state index contributed by atoms with van der Waals surface area (Å²) in [6, 6.07) is 12.2. The number of β-amino-alcohol motifs (C(OH)–C–C–N with tert-alkyl or cyclic N) is 1. The maximum absolute atomic E-state index is 13.5. The molecule has 2 aliphatic rings. The molecule has 2 aromatic carbocycles. The van der Waals surface area contributed by atoms with Crippen LogP contribution in [0.5, 0.6) is 5.75 Å². The van der Waals surface area contributed by atoms with E-state index in [1.165, 1.54) is 4.31 Å². The topological polar surface area (TPSA) is 73.3 Å². The zero-order valence-electron chi connectivity index (χ0n) is 16.9. The van der Waals surface area contributed by atoms with Gasteiger partial charge < -0.3 is 19.6 Å². The average Bonchev–Trinajstić information content (AvgIpc) is 3.14. The molecule has 0 spiro atoms. The van der Waals surface area contributed by atoms with Crippen molar-refractivity contribution in [3.63, 3.8) is 0 Å². The lowest BCUT2D eigenvalue weighted by Crippen LogP contribution is -2.49. The Kier molecular flexibility index (Phi) is 5.08. The SMILES string of the molecule is COc1ccc2c(c1)N(C)CC(C)N2S(=O)(=O)c1ccc(N2CC[C@@H](O)C2)cc1. The van der Waals surface area contributed by atoms with Gasteiger partial charge in [0.25, 0.3) is 10.0 Å². The van der Waals surface area contributed by atoms with E-state index in [9.17, 15) is 13.5 Å². The van der Waals surface area contributed by atoms with Crippen LogP contribution in [0, 0.1) is 0 Å². The van der Waals surface area contributed by atoms with Gasteiger partial charge in [-0.3, -0.25) is 4.31 Å². The number of methoxy groups -OCH3 is 1. The van der Waals surface area contributed by atoms with Crippen LogP contribution in [-0.2, 0) is 10.0 Å². The maximum atomic E-state index is 13.5. The van der Waals surface area contributed by atoms with Crippen LogP contribution in [-0.4, -0.2) is 59.5 Å². The molecule has 2 heterocycles. The maximum Gasteiger partial charge on any atom is 0.264 e. The second-order valence-electron chi connectivity index (χ2n) is 7.77. The van der Waals surface area contributed by atoms with Crippen LogP contribution in [0.1, 0.15) is 13.3 Å². The van der Waals surface area contributed by atoms with Gasteiger partial charge >= 0.3 is 0 Å². The van der Waals surface area contributed by atoms with Crippen LogP contribution in [0.2, 0.25) is 0 Å². The van der Waals surface area contributed by atoms with Crippen molar-refractivity contribution in [2.24, 2.45) is 0 Å². The van der Waals surface area contributed by atoms with E-state index in [1.54, 1.807) is 31.4 Å². The Morgan fingerprint density at radius 2 is 1.79 bits per heavy atom. The number of hydrogen-bond acceptors (Lipinski definition) is 6. The molecule has 156 valence electrons. The van der Waals surface area contributed by atoms with Crippen LogP contribution < -0.4 is 18.8 Å². The van der Waals surface area contributed by atoms with Crippen molar-refractivity contribution in [3.8, 4) is 5.75 Å². The molecular formula is C21H27N3O4S. The Balaban J connectivity index is 1.69. The van der Waals surface area contributed by atoms with Gasteiger partial charge in [-0.05, 0) is 49.7 Å². The Hall–Kier alpha value is -2.45. The zero-order chi connectivity index (χ0) is 20.8. The highest BCUT2D eigenvalue weighted by atomic mass is 32.2. The first-order valence-corrected chi connectivity index (χ1v) is 11.2. The molecule has 0 saturated carbocycles. The number of ether oxygens (including phenoxy) is 1. The zero-order valence-corrected chi connectivity index (χ0v) is 17.8. The highest BCUT2D eigenvalue weighted by Gasteiger charge is 2.36. The van der Waals surface area contributed by atoms with Gasteiger partial charge in [-0.1, -0.05) is 0 Å². The average molecular weight is 418 g/mol. The fourth-order valence-electron chi connectivity index (χ4n) is 4.21. The third kappa shape index (κ3) is 3.51. The van der Waals surface area contributed by atoms with Crippen molar-refractivity contribution >= 4 is 27.1 Å². The number of rotatable bonds is 4. The molecule has 7 nitrogen and oxygen atoms in total. The Bertz CT molecular complexity index is 993. The summed E-state index contributed by atoms with van der Waals surface area (Å²) >= 11 is 0. The normalized spacial score (nSPS) is 22.0. The van der Waals surface area contributed by atoms with E-state index >= 15 is 0 Å². The molecule has 1 N–H and O–H groups in total. The monoisotopic (exact) mass is 417 g/mol. The van der Waals surface area contributed by atoms with Crippen LogP contribution in [0.3, 0.4) is 0 Å². The number of hydrogen-bond donors (Lipinski definition) is 1. The van der Waals surface area contributed by atoms with Crippen LogP contribution >= 0.6 is 0 Å². The molecule has 0 aromatic heterocycles. The number of aliphatic hydroxyl groups is 1. The number of anilines is 3. The van der Waals surface area contributed by atoms with Crippen molar-refractivity contribution in [1.82, 2.24) is 0 Å². The van der Waals surface area contributed by atoms with Crippen molar-refractivity contribution in [1.29, 1.82) is 0 Å². The third-order valence-electron chi connectivity index (χ3n) is 5.69. The molecule has 1 fully saturated rings. The molecule has 1 saturated heterocycles. The summed E-state index contributed by atoms with van der Waals surface area (Å²) in [4.78, 5) is 4.39. The van der Waals surface area contributed by atoms with Crippen LogP contribution in [0.25, 0.3) is 0 Å². The fourth-order valence-corrected chi connectivity index (χ4v) is 5.87. The lowest BCUT2D eigenvalue weighted by Gasteiger charge is -2.41. The van der Waals surface area contributed by atoms with Crippen LogP contribution in [0.4, 0.5) is 17.1 Å². The number of aliphatic hydroxyl groups excluding tert-OH is 1. The third-order valence-corrected chi connectivity index (χ3v) is 7.63. The van der Waals surface area contributed by atoms with Gasteiger partial charge in [-0.15, -0.1) is 0 Å². The quantitative estimate of drug-likeness (QED) is 0.823. The molecule has 2 aromatic rings. The van der Waals surface area contributed by atoms with Gasteiger partial charge in [0.05, 0.1) is 35.5 Å². The Morgan fingerprint density at radius 1 is 1.07 bits per heavy atom. The molecule has 1 unspecified atom stereocenters. The number of fused-ring (bicyclic) bond motifs is 1. The van der Waals surface area contributed by atoms with E-state index in [-0.39, 0.29) is 17.0 Å². The molecule has 29 heavy (non-hydrogen) atoms. The lowest BCUT2D eigenvalue weighted by molar-refractivity contribution is 0.198. The Labute approximate surface area is 172 Å². The molecule has 2 atom stereocenters. The molecule has 0 amide bonds. The first-order valence-electron chi connectivity index (χ1n) is 9.78. The van der Waals surface area contributed by atoms with Gasteiger partial charge in [0, 0.05) is 38.4 Å². The second-order valence-corrected chi connectivity index (χ2v) is 9.58. The first kappa shape index (κ1) is 19.8. The molecule has 0 bridgehead atoms. The minimum atomic E-state index is -3.72. The van der Waals surface area contributed by atoms with Crippen molar-refractivity contribution in [3.05, 3.63) is 42.5 Å². The number of nitrogens with zero attached hydrogens (tertiary/aromatic N) is 3. The number of benzene rings is 2. The second kappa shape index (κ2) is 7.42. The number of sulfonamides is 1. The van der Waals surface area contributed by atoms with Gasteiger partial charge in [0.15, 0.2) is 0 Å². The van der Waals surface area contributed by atoms with E-state index in [0.29, 0.717) is 24.5 Å². The van der Waals surface area contributed by atoms with Gasteiger partial charge in [-0.2, -0.15) is 0 Å². The summed E-state index contributed by atoms with van der Waals surface area (Å²) in [5.74, 6) is 0.694. The summed E-state index contributed by atoms with van der Waals surface area (Å²) in [5.41, 5.74) is 2.41. The predicted molar refractivity (Wildman–Crippen MR) is 115 cm³/mol. The van der Waals surface area contributed by atoms with Gasteiger partial charge in [0.2, 0.25) is 0 Å². The smallest absolute Gasteiger partial charge is 0.264 e.